The molecule has 21 heavy (non-hydrogen) atoms. The molecule has 1 aromatic rings. The third-order valence-corrected chi connectivity index (χ3v) is 6.47. The molecule has 1 aliphatic heterocycles. The molecule has 0 aromatic heterocycles. The first-order valence-electron chi connectivity index (χ1n) is 8.15. The van der Waals surface area contributed by atoms with Gasteiger partial charge in [0.15, 0.2) is 23.4 Å². The molecular formula is C18H20O3. The lowest BCUT2D eigenvalue weighted by atomic mass is 9.48. The van der Waals surface area contributed by atoms with Crippen LogP contribution >= 0.6 is 0 Å². The Morgan fingerprint density at radius 3 is 3.10 bits per heavy atom. The molecule has 2 bridgehead atoms. The Kier molecular flexibility index (Phi) is 2.20. The highest BCUT2D eigenvalue weighted by molar-refractivity contribution is 5.89. The SMILES string of the molecule is COc1ccc2c3c1OC1C(=O)CCC4C(CCCC314)C2. The lowest BCUT2D eigenvalue weighted by molar-refractivity contribution is -0.136. The van der Waals surface area contributed by atoms with Gasteiger partial charge in [-0.3, -0.25) is 4.79 Å². The van der Waals surface area contributed by atoms with Crippen LogP contribution in [0.2, 0.25) is 0 Å². The summed E-state index contributed by atoms with van der Waals surface area (Å²) in [5.41, 5.74) is 2.71. The fourth-order valence-corrected chi connectivity index (χ4v) is 5.82. The van der Waals surface area contributed by atoms with E-state index in [1.165, 1.54) is 24.0 Å². The third kappa shape index (κ3) is 1.25. The summed E-state index contributed by atoms with van der Waals surface area (Å²) in [6, 6.07) is 4.22. The number of Topliss-reactive ketones (excluding diaryl/α,β-unsaturated/α-hetero) is 1. The van der Waals surface area contributed by atoms with Crippen molar-refractivity contribution in [3.63, 3.8) is 0 Å². The Bertz CT molecular complexity index is 650. The van der Waals surface area contributed by atoms with Crippen LogP contribution in [-0.4, -0.2) is 19.0 Å². The van der Waals surface area contributed by atoms with Crippen molar-refractivity contribution in [3.05, 3.63) is 23.3 Å². The zero-order chi connectivity index (χ0) is 14.2. The summed E-state index contributed by atoms with van der Waals surface area (Å²) < 4.78 is 11.7. The number of ketones is 1. The molecule has 0 amide bonds. The molecule has 2 saturated carbocycles. The Morgan fingerprint density at radius 2 is 2.24 bits per heavy atom. The number of methoxy groups -OCH3 is 1. The van der Waals surface area contributed by atoms with Crippen LogP contribution in [0.3, 0.4) is 0 Å². The molecule has 4 atom stereocenters. The van der Waals surface area contributed by atoms with E-state index in [1.54, 1.807) is 7.11 Å². The van der Waals surface area contributed by atoms with Crippen LogP contribution in [0.15, 0.2) is 12.1 Å². The van der Waals surface area contributed by atoms with Crippen molar-refractivity contribution in [2.24, 2.45) is 11.8 Å². The van der Waals surface area contributed by atoms with E-state index < -0.39 is 0 Å². The van der Waals surface area contributed by atoms with Crippen molar-refractivity contribution in [2.45, 2.75) is 50.0 Å². The van der Waals surface area contributed by atoms with Crippen LogP contribution in [0, 0.1) is 11.8 Å². The van der Waals surface area contributed by atoms with Crippen molar-refractivity contribution < 1.29 is 14.3 Å². The van der Waals surface area contributed by atoms with Crippen molar-refractivity contribution >= 4 is 5.78 Å². The highest BCUT2D eigenvalue weighted by Gasteiger charge is 2.64. The predicted molar refractivity (Wildman–Crippen MR) is 77.9 cm³/mol. The van der Waals surface area contributed by atoms with Gasteiger partial charge < -0.3 is 9.47 Å². The van der Waals surface area contributed by atoms with Crippen molar-refractivity contribution in [1.82, 2.24) is 0 Å². The monoisotopic (exact) mass is 284 g/mol. The van der Waals surface area contributed by atoms with Crippen LogP contribution in [0.1, 0.15) is 43.2 Å². The van der Waals surface area contributed by atoms with E-state index in [1.807, 2.05) is 6.07 Å². The van der Waals surface area contributed by atoms with Crippen molar-refractivity contribution in [1.29, 1.82) is 0 Å². The third-order valence-electron chi connectivity index (χ3n) is 6.47. The minimum atomic E-state index is -0.246. The van der Waals surface area contributed by atoms with E-state index in [0.717, 1.165) is 36.7 Å². The van der Waals surface area contributed by atoms with E-state index in [2.05, 4.69) is 6.07 Å². The van der Waals surface area contributed by atoms with E-state index in [4.69, 9.17) is 9.47 Å². The second-order valence-corrected chi connectivity index (χ2v) is 7.14. The first-order valence-corrected chi connectivity index (χ1v) is 8.15. The van der Waals surface area contributed by atoms with E-state index in [9.17, 15) is 4.79 Å². The lowest BCUT2D eigenvalue weighted by Gasteiger charge is -2.54. The molecule has 0 saturated heterocycles. The van der Waals surface area contributed by atoms with Gasteiger partial charge in [-0.25, -0.2) is 0 Å². The maximum absolute atomic E-state index is 12.6. The van der Waals surface area contributed by atoms with E-state index >= 15 is 0 Å². The Morgan fingerprint density at radius 1 is 1.33 bits per heavy atom. The van der Waals surface area contributed by atoms with Gasteiger partial charge in [0.1, 0.15) is 0 Å². The lowest BCUT2D eigenvalue weighted by Crippen LogP contribution is -2.58. The smallest absolute Gasteiger partial charge is 0.174 e. The molecule has 1 aromatic carbocycles. The molecule has 3 nitrogen and oxygen atoms in total. The summed E-state index contributed by atoms with van der Waals surface area (Å²) in [5, 5.41) is 0. The zero-order valence-corrected chi connectivity index (χ0v) is 12.4. The molecule has 5 rings (SSSR count). The van der Waals surface area contributed by atoms with Gasteiger partial charge >= 0.3 is 0 Å². The Hall–Kier alpha value is -1.51. The van der Waals surface area contributed by atoms with Crippen LogP contribution in [-0.2, 0) is 16.6 Å². The topological polar surface area (TPSA) is 35.5 Å². The summed E-state index contributed by atoms with van der Waals surface area (Å²) in [4.78, 5) is 12.6. The summed E-state index contributed by atoms with van der Waals surface area (Å²) in [5.74, 6) is 3.35. The molecule has 110 valence electrons. The molecule has 1 spiro atoms. The van der Waals surface area contributed by atoms with Crippen LogP contribution in [0.25, 0.3) is 0 Å². The normalized spacial score (nSPS) is 38.7. The predicted octanol–water partition coefficient (Wildman–Crippen LogP) is 3.03. The maximum Gasteiger partial charge on any atom is 0.174 e. The molecule has 3 heteroatoms. The fraction of sp³-hybridized carbons (Fsp3) is 0.611. The second-order valence-electron chi connectivity index (χ2n) is 7.14. The molecule has 0 radical (unpaired) electrons. The fourth-order valence-electron chi connectivity index (χ4n) is 5.82. The number of ether oxygens (including phenoxy) is 2. The first-order chi connectivity index (χ1) is 10.3. The second kappa shape index (κ2) is 3.82. The van der Waals surface area contributed by atoms with Gasteiger partial charge in [-0.05, 0) is 49.1 Å². The van der Waals surface area contributed by atoms with Crippen LogP contribution in [0.4, 0.5) is 0 Å². The minimum Gasteiger partial charge on any atom is -0.493 e. The van der Waals surface area contributed by atoms with Gasteiger partial charge in [0.25, 0.3) is 0 Å². The highest BCUT2D eigenvalue weighted by atomic mass is 16.5. The number of rotatable bonds is 1. The summed E-state index contributed by atoms with van der Waals surface area (Å²) in [6.07, 6.45) is 6.31. The van der Waals surface area contributed by atoms with Gasteiger partial charge in [-0.2, -0.15) is 0 Å². The number of carbonyl (C=O) groups is 1. The highest BCUT2D eigenvalue weighted by Crippen LogP contribution is 2.65. The van der Waals surface area contributed by atoms with Crippen LogP contribution in [0.5, 0.6) is 11.5 Å². The number of hydrogen-bond donors (Lipinski definition) is 0. The molecule has 1 heterocycles. The minimum absolute atomic E-state index is 0.0320. The van der Waals surface area contributed by atoms with Gasteiger partial charge in [-0.15, -0.1) is 0 Å². The molecule has 4 aliphatic rings. The van der Waals surface area contributed by atoms with Gasteiger partial charge in [0.05, 0.1) is 7.11 Å². The van der Waals surface area contributed by atoms with E-state index in [-0.39, 0.29) is 11.5 Å². The molecular weight excluding hydrogens is 264 g/mol. The average molecular weight is 284 g/mol. The molecule has 3 aliphatic carbocycles. The number of benzene rings is 1. The van der Waals surface area contributed by atoms with Gasteiger partial charge in [0, 0.05) is 17.4 Å². The largest absolute Gasteiger partial charge is 0.493 e. The first kappa shape index (κ1) is 12.1. The van der Waals surface area contributed by atoms with Crippen molar-refractivity contribution in [2.75, 3.05) is 7.11 Å². The standard InChI is InChI=1S/C18H20O3/c1-20-14-7-4-11-9-10-3-2-8-18-12(10)5-6-13(19)17(18)21-16(14)15(11)18/h4,7,10,12,17H,2-3,5-6,8-9H2,1H3. The molecule has 2 fully saturated rings. The summed E-state index contributed by atoms with van der Waals surface area (Å²) in [6.45, 7) is 0. The Labute approximate surface area is 124 Å². The van der Waals surface area contributed by atoms with Crippen molar-refractivity contribution in [3.8, 4) is 11.5 Å². The number of carbonyl (C=O) groups excluding carboxylic acids is 1. The molecule has 4 unspecified atom stereocenters. The summed E-state index contributed by atoms with van der Waals surface area (Å²) >= 11 is 0. The quantitative estimate of drug-likeness (QED) is 0.795. The number of hydrogen-bond acceptors (Lipinski definition) is 3. The van der Waals surface area contributed by atoms with E-state index in [0.29, 0.717) is 18.1 Å². The van der Waals surface area contributed by atoms with Gasteiger partial charge in [-0.1, -0.05) is 12.5 Å². The van der Waals surface area contributed by atoms with Crippen LogP contribution < -0.4 is 9.47 Å². The maximum atomic E-state index is 12.6. The van der Waals surface area contributed by atoms with Gasteiger partial charge in [0.2, 0.25) is 0 Å². The zero-order valence-electron chi connectivity index (χ0n) is 12.4. The Balaban J connectivity index is 1.83. The average Bonchev–Trinajstić information content (AvgIpc) is 2.83. The summed E-state index contributed by atoms with van der Waals surface area (Å²) in [7, 11) is 1.69. The molecule has 0 N–H and O–H groups in total.